The lowest BCUT2D eigenvalue weighted by atomic mass is 9.63. The summed E-state index contributed by atoms with van der Waals surface area (Å²) in [4.78, 5) is 23.4. The van der Waals surface area contributed by atoms with Gasteiger partial charge in [0.1, 0.15) is 6.34 Å². The van der Waals surface area contributed by atoms with Crippen LogP contribution < -0.4 is 11.5 Å². The van der Waals surface area contributed by atoms with E-state index in [9.17, 15) is 4.79 Å². The zero-order chi connectivity index (χ0) is 21.4. The Morgan fingerprint density at radius 1 is 1.19 bits per heavy atom. The third-order valence-electron chi connectivity index (χ3n) is 6.87. The van der Waals surface area contributed by atoms with Crippen molar-refractivity contribution in [3.05, 3.63) is 34.9 Å². The van der Waals surface area contributed by atoms with Gasteiger partial charge in [-0.2, -0.15) is 0 Å². The molecule has 2 aliphatic rings. The van der Waals surface area contributed by atoms with Crippen LogP contribution >= 0.6 is 11.6 Å². The van der Waals surface area contributed by atoms with Gasteiger partial charge in [-0.3, -0.25) is 9.79 Å². The number of amides is 1. The Bertz CT molecular complexity index is 735. The molecule has 31 heavy (non-hydrogen) atoms. The Kier molecular flexibility index (Phi) is 9.97. The van der Waals surface area contributed by atoms with E-state index in [0.717, 1.165) is 38.0 Å². The minimum Gasteiger partial charge on any atom is -0.390 e. The first-order valence-corrected chi connectivity index (χ1v) is 11.4. The highest BCUT2D eigenvalue weighted by Crippen LogP contribution is 2.46. The van der Waals surface area contributed by atoms with E-state index in [2.05, 4.69) is 9.98 Å². The van der Waals surface area contributed by atoms with Crippen molar-refractivity contribution in [2.45, 2.75) is 64.8 Å². The number of benzene rings is 1. The van der Waals surface area contributed by atoms with Gasteiger partial charge < -0.3 is 16.4 Å². The summed E-state index contributed by atoms with van der Waals surface area (Å²) in [7, 11) is 0. The molecule has 1 aromatic carbocycles. The molecule has 0 spiro atoms. The number of likely N-dealkylation sites (tertiary alicyclic amines) is 1. The molecule has 1 saturated heterocycles. The van der Waals surface area contributed by atoms with Crippen LogP contribution in [0.3, 0.4) is 0 Å². The number of hydrogen-bond acceptors (Lipinski definition) is 3. The Hall–Kier alpha value is -1.92. The first-order valence-electron chi connectivity index (χ1n) is 11.0. The Morgan fingerprint density at radius 2 is 1.84 bits per heavy atom. The molecule has 0 aromatic heterocycles. The zero-order valence-electron chi connectivity index (χ0n) is 17.7. The Morgan fingerprint density at radius 3 is 2.45 bits per heavy atom. The second-order valence-corrected chi connectivity index (χ2v) is 9.15. The molecule has 1 aromatic rings. The molecule has 1 aliphatic carbocycles. The van der Waals surface area contributed by atoms with Gasteiger partial charge in [0.2, 0.25) is 5.91 Å². The SMILES string of the molecule is C.NC=NC=NCC1(C2CCCCC2)CCN(C(=O)C(N)Cc2ccc(Cl)cc2)CC1. The van der Waals surface area contributed by atoms with Crippen LogP contribution in [0.1, 0.15) is 57.9 Å². The average Bonchev–Trinajstić information content (AvgIpc) is 2.79. The maximum Gasteiger partial charge on any atom is 0.239 e. The predicted molar refractivity (Wildman–Crippen MR) is 131 cm³/mol. The Labute approximate surface area is 192 Å². The number of halogens is 1. The maximum atomic E-state index is 13.0. The summed E-state index contributed by atoms with van der Waals surface area (Å²) in [6.07, 6.45) is 11.8. The fourth-order valence-corrected chi connectivity index (χ4v) is 5.21. The molecule has 4 N–H and O–H groups in total. The summed E-state index contributed by atoms with van der Waals surface area (Å²) in [6.45, 7) is 2.26. The topological polar surface area (TPSA) is 97.1 Å². The molecule has 1 heterocycles. The number of carbonyl (C=O) groups excluding carboxylic acids is 1. The van der Waals surface area contributed by atoms with Crippen LogP contribution in [-0.4, -0.2) is 49.2 Å². The summed E-state index contributed by atoms with van der Waals surface area (Å²) in [5.41, 5.74) is 12.8. The molecule has 0 radical (unpaired) electrons. The molecule has 2 fully saturated rings. The van der Waals surface area contributed by atoms with E-state index < -0.39 is 6.04 Å². The number of nitrogens with zero attached hydrogens (tertiary/aromatic N) is 3. The van der Waals surface area contributed by atoms with Crippen molar-refractivity contribution in [1.29, 1.82) is 0 Å². The van der Waals surface area contributed by atoms with Crippen LogP contribution in [0, 0.1) is 11.3 Å². The quantitative estimate of drug-likeness (QED) is 0.487. The molecule has 1 aliphatic heterocycles. The fraction of sp³-hybridized carbons (Fsp3) is 0.625. The normalized spacial score (nSPS) is 20.6. The molecule has 1 atom stereocenters. The van der Waals surface area contributed by atoms with Gasteiger partial charge in [0.05, 0.1) is 12.4 Å². The molecule has 1 amide bonds. The highest BCUT2D eigenvalue weighted by atomic mass is 35.5. The third kappa shape index (κ3) is 6.78. The number of piperidine rings is 1. The van der Waals surface area contributed by atoms with Crippen molar-refractivity contribution in [2.24, 2.45) is 32.8 Å². The van der Waals surface area contributed by atoms with Crippen molar-refractivity contribution in [3.8, 4) is 0 Å². The summed E-state index contributed by atoms with van der Waals surface area (Å²) in [5.74, 6) is 0.712. The van der Waals surface area contributed by atoms with Gasteiger partial charge in [0, 0.05) is 24.7 Å². The van der Waals surface area contributed by atoms with E-state index >= 15 is 0 Å². The van der Waals surface area contributed by atoms with Crippen molar-refractivity contribution < 1.29 is 4.79 Å². The van der Waals surface area contributed by atoms with Gasteiger partial charge in [-0.15, -0.1) is 0 Å². The lowest BCUT2D eigenvalue weighted by Crippen LogP contribution is -2.52. The molecule has 1 unspecified atom stereocenters. The number of nitrogens with two attached hydrogens (primary N) is 2. The number of aliphatic imine (C=N–C) groups is 2. The van der Waals surface area contributed by atoms with Crippen molar-refractivity contribution in [2.75, 3.05) is 19.6 Å². The molecule has 1 saturated carbocycles. The molecule has 3 rings (SSSR count). The van der Waals surface area contributed by atoms with E-state index in [1.807, 2.05) is 29.2 Å². The molecule has 0 bridgehead atoms. The van der Waals surface area contributed by atoms with Crippen LogP contribution in [0.15, 0.2) is 34.3 Å². The van der Waals surface area contributed by atoms with Gasteiger partial charge in [-0.1, -0.05) is 50.4 Å². The number of carbonyl (C=O) groups is 1. The number of rotatable bonds is 7. The van der Waals surface area contributed by atoms with Gasteiger partial charge in [0.25, 0.3) is 0 Å². The van der Waals surface area contributed by atoms with E-state index in [4.69, 9.17) is 23.1 Å². The Balaban J connectivity index is 0.00000341. The lowest BCUT2D eigenvalue weighted by Gasteiger charge is -2.47. The minimum atomic E-state index is -0.523. The van der Waals surface area contributed by atoms with E-state index in [-0.39, 0.29) is 18.7 Å². The molecule has 6 nitrogen and oxygen atoms in total. The van der Waals surface area contributed by atoms with Gasteiger partial charge in [-0.05, 0) is 61.1 Å². The van der Waals surface area contributed by atoms with Crippen LogP contribution in [0.5, 0.6) is 0 Å². The highest BCUT2D eigenvalue weighted by Gasteiger charge is 2.42. The summed E-state index contributed by atoms with van der Waals surface area (Å²) < 4.78 is 0. The predicted octanol–water partition coefficient (Wildman–Crippen LogP) is 4.05. The lowest BCUT2D eigenvalue weighted by molar-refractivity contribution is -0.135. The van der Waals surface area contributed by atoms with E-state index in [0.29, 0.717) is 17.4 Å². The van der Waals surface area contributed by atoms with Gasteiger partial charge in [-0.25, -0.2) is 4.99 Å². The van der Waals surface area contributed by atoms with Crippen molar-refractivity contribution in [1.82, 2.24) is 4.90 Å². The molecular weight excluding hydrogens is 410 g/mol. The van der Waals surface area contributed by atoms with E-state index in [1.54, 1.807) is 6.34 Å². The monoisotopic (exact) mass is 447 g/mol. The largest absolute Gasteiger partial charge is 0.390 e. The standard InChI is InChI=1S/C23H34ClN5O.CH4/c24-20-8-6-18(7-9-20)14-21(26)22(30)29-12-10-23(11-13-29,15-27-17-28-16-25)19-4-2-1-3-5-19;/h6-9,16-17,19,21H,1-5,10-15,26H2,(H2,25,27,28);1H4. The number of hydrogen-bond donors (Lipinski definition) is 2. The smallest absolute Gasteiger partial charge is 0.239 e. The van der Waals surface area contributed by atoms with Crippen LogP contribution in [-0.2, 0) is 11.2 Å². The first kappa shape index (κ1) is 25.3. The van der Waals surface area contributed by atoms with E-state index in [1.165, 1.54) is 38.4 Å². The maximum absolute atomic E-state index is 13.0. The second kappa shape index (κ2) is 12.2. The van der Waals surface area contributed by atoms with Crippen LogP contribution in [0.2, 0.25) is 5.02 Å². The average molecular weight is 448 g/mol. The fourth-order valence-electron chi connectivity index (χ4n) is 5.09. The summed E-state index contributed by atoms with van der Waals surface area (Å²) >= 11 is 5.95. The first-order chi connectivity index (χ1) is 14.5. The van der Waals surface area contributed by atoms with Gasteiger partial charge >= 0.3 is 0 Å². The summed E-state index contributed by atoms with van der Waals surface area (Å²) in [6, 6.07) is 7.01. The van der Waals surface area contributed by atoms with Gasteiger partial charge in [0.15, 0.2) is 0 Å². The molecule has 7 heteroatoms. The summed E-state index contributed by atoms with van der Waals surface area (Å²) in [5, 5.41) is 0.688. The highest BCUT2D eigenvalue weighted by molar-refractivity contribution is 6.30. The van der Waals surface area contributed by atoms with Crippen LogP contribution in [0.25, 0.3) is 0 Å². The minimum absolute atomic E-state index is 0. The second-order valence-electron chi connectivity index (χ2n) is 8.71. The molecule has 172 valence electrons. The zero-order valence-corrected chi connectivity index (χ0v) is 18.4. The molecular formula is C24H38ClN5O. The van der Waals surface area contributed by atoms with Crippen LogP contribution in [0.4, 0.5) is 0 Å². The van der Waals surface area contributed by atoms with Crippen molar-refractivity contribution in [3.63, 3.8) is 0 Å². The third-order valence-corrected chi connectivity index (χ3v) is 7.12. The van der Waals surface area contributed by atoms with Crippen molar-refractivity contribution >= 4 is 30.2 Å².